The molecule has 0 spiro atoms. The summed E-state index contributed by atoms with van der Waals surface area (Å²) in [6.07, 6.45) is 1.55. The van der Waals surface area contributed by atoms with Crippen LogP contribution in [0.15, 0.2) is 15.5 Å². The van der Waals surface area contributed by atoms with Gasteiger partial charge in [0.2, 0.25) is 5.91 Å². The van der Waals surface area contributed by atoms with E-state index in [4.69, 9.17) is 0 Å². The Balaban J connectivity index is 2.84. The third-order valence-corrected chi connectivity index (χ3v) is 3.53. The van der Waals surface area contributed by atoms with Crippen LogP contribution in [-0.2, 0) is 4.79 Å². The fraction of sp³-hybridized carbons (Fsp3) is 0.583. The Morgan fingerprint density at radius 2 is 2.21 bits per heavy atom. The van der Waals surface area contributed by atoms with Crippen LogP contribution in [0.1, 0.15) is 26.8 Å². The monoisotopic (exact) mass is 330 g/mol. The quantitative estimate of drug-likeness (QED) is 0.887. The molecule has 0 aliphatic rings. The molecule has 0 radical (unpaired) electrons. The largest absolute Gasteiger partial charge is 0.374 e. The van der Waals surface area contributed by atoms with E-state index in [2.05, 4.69) is 26.3 Å². The lowest BCUT2D eigenvalue weighted by atomic mass is 10.4. The maximum Gasteiger partial charge on any atom is 0.283 e. The zero-order chi connectivity index (χ0) is 14.6. The van der Waals surface area contributed by atoms with Gasteiger partial charge in [0.05, 0.1) is 24.5 Å². The van der Waals surface area contributed by atoms with Crippen LogP contribution in [-0.4, -0.2) is 40.7 Å². The van der Waals surface area contributed by atoms with Gasteiger partial charge in [-0.25, -0.2) is 4.68 Å². The number of anilines is 1. The minimum absolute atomic E-state index is 0.00860. The summed E-state index contributed by atoms with van der Waals surface area (Å²) in [4.78, 5) is 25.2. The maximum atomic E-state index is 12.0. The Morgan fingerprint density at radius 1 is 1.58 bits per heavy atom. The van der Waals surface area contributed by atoms with Crippen LogP contribution >= 0.6 is 15.9 Å². The predicted octanol–water partition coefficient (Wildman–Crippen LogP) is 1.48. The van der Waals surface area contributed by atoms with Crippen molar-refractivity contribution in [3.63, 3.8) is 0 Å². The summed E-state index contributed by atoms with van der Waals surface area (Å²) in [5, 5.41) is 6.99. The number of nitrogens with one attached hydrogen (secondary N) is 1. The van der Waals surface area contributed by atoms with E-state index in [-0.39, 0.29) is 24.1 Å². The Morgan fingerprint density at radius 3 is 2.74 bits per heavy atom. The molecule has 7 heteroatoms. The van der Waals surface area contributed by atoms with Gasteiger partial charge in [-0.1, -0.05) is 0 Å². The average molecular weight is 331 g/mol. The molecule has 0 unspecified atom stereocenters. The minimum atomic E-state index is -0.212. The molecule has 0 fully saturated rings. The van der Waals surface area contributed by atoms with Crippen molar-refractivity contribution in [1.82, 2.24) is 14.7 Å². The first-order valence-corrected chi connectivity index (χ1v) is 6.92. The molecule has 0 saturated heterocycles. The maximum absolute atomic E-state index is 12.0. The van der Waals surface area contributed by atoms with Crippen molar-refractivity contribution in [1.29, 1.82) is 0 Å². The van der Waals surface area contributed by atoms with Crippen LogP contribution < -0.4 is 10.9 Å². The second kappa shape index (κ2) is 6.70. The molecule has 1 amide bonds. The fourth-order valence-electron chi connectivity index (χ4n) is 1.42. The van der Waals surface area contributed by atoms with Crippen molar-refractivity contribution in [3.05, 3.63) is 21.0 Å². The third-order valence-electron chi connectivity index (χ3n) is 2.76. The molecule has 1 heterocycles. The molecule has 1 aromatic heterocycles. The first kappa shape index (κ1) is 15.7. The van der Waals surface area contributed by atoms with Gasteiger partial charge in [-0.3, -0.25) is 9.59 Å². The fourth-order valence-corrected chi connectivity index (χ4v) is 1.84. The van der Waals surface area contributed by atoms with Gasteiger partial charge in [0, 0.05) is 13.6 Å². The number of hydrogen-bond acceptors (Lipinski definition) is 4. The summed E-state index contributed by atoms with van der Waals surface area (Å²) in [6, 6.07) is -0.00860. The molecule has 0 aromatic carbocycles. The second-order valence-electron chi connectivity index (χ2n) is 4.48. The van der Waals surface area contributed by atoms with Crippen molar-refractivity contribution >= 4 is 27.5 Å². The highest BCUT2D eigenvalue weighted by atomic mass is 79.9. The number of amides is 1. The Hall–Kier alpha value is -1.37. The molecular formula is C12H19BrN4O2. The van der Waals surface area contributed by atoms with E-state index in [1.807, 2.05) is 20.8 Å². The summed E-state index contributed by atoms with van der Waals surface area (Å²) in [5.41, 5.74) is 0.316. The molecule has 106 valence electrons. The van der Waals surface area contributed by atoms with Crippen molar-refractivity contribution in [2.75, 3.05) is 25.5 Å². The SMILES string of the molecule is CCN(C)C(=O)CNc1cnn(C(C)C)c(=O)c1Br. The lowest BCUT2D eigenvalue weighted by Gasteiger charge is -2.16. The van der Waals surface area contributed by atoms with Crippen LogP contribution in [0.5, 0.6) is 0 Å². The van der Waals surface area contributed by atoms with Crippen LogP contribution in [0.3, 0.4) is 0 Å². The van der Waals surface area contributed by atoms with Crippen molar-refractivity contribution in [2.24, 2.45) is 0 Å². The lowest BCUT2D eigenvalue weighted by molar-refractivity contribution is -0.127. The predicted molar refractivity (Wildman–Crippen MR) is 78.4 cm³/mol. The van der Waals surface area contributed by atoms with Gasteiger partial charge in [-0.2, -0.15) is 5.10 Å². The van der Waals surface area contributed by atoms with E-state index in [1.54, 1.807) is 18.1 Å². The molecule has 0 atom stereocenters. The first-order valence-electron chi connectivity index (χ1n) is 6.13. The number of likely N-dealkylation sites (N-methyl/N-ethyl adjacent to an activating group) is 1. The number of halogens is 1. The van der Waals surface area contributed by atoms with Gasteiger partial charge >= 0.3 is 0 Å². The summed E-state index contributed by atoms with van der Waals surface area (Å²) in [6.45, 7) is 6.45. The zero-order valence-electron chi connectivity index (χ0n) is 11.6. The first-order chi connectivity index (χ1) is 8.88. The summed E-state index contributed by atoms with van der Waals surface area (Å²) < 4.78 is 1.78. The molecule has 1 aromatic rings. The third kappa shape index (κ3) is 3.79. The average Bonchev–Trinajstić information content (AvgIpc) is 2.38. The van der Waals surface area contributed by atoms with Gasteiger partial charge in [-0.05, 0) is 36.7 Å². The van der Waals surface area contributed by atoms with E-state index < -0.39 is 0 Å². The molecule has 1 N–H and O–H groups in total. The molecule has 6 nitrogen and oxygen atoms in total. The van der Waals surface area contributed by atoms with Crippen LogP contribution in [0.2, 0.25) is 0 Å². The summed E-state index contributed by atoms with van der Waals surface area (Å²) >= 11 is 3.24. The number of aromatic nitrogens is 2. The number of rotatable bonds is 5. The molecule has 0 bridgehead atoms. The topological polar surface area (TPSA) is 67.2 Å². The Bertz CT molecular complexity index is 513. The number of hydrogen-bond donors (Lipinski definition) is 1. The van der Waals surface area contributed by atoms with E-state index in [0.29, 0.717) is 16.7 Å². The van der Waals surface area contributed by atoms with Crippen LogP contribution in [0, 0.1) is 0 Å². The van der Waals surface area contributed by atoms with Crippen LogP contribution in [0.25, 0.3) is 0 Å². The lowest BCUT2D eigenvalue weighted by Crippen LogP contribution is -2.33. The Labute approximate surface area is 120 Å². The van der Waals surface area contributed by atoms with Gasteiger partial charge in [-0.15, -0.1) is 0 Å². The van der Waals surface area contributed by atoms with Crippen LogP contribution in [0.4, 0.5) is 5.69 Å². The minimum Gasteiger partial charge on any atom is -0.374 e. The molecule has 19 heavy (non-hydrogen) atoms. The van der Waals surface area contributed by atoms with E-state index >= 15 is 0 Å². The van der Waals surface area contributed by atoms with Gasteiger partial charge in [0.25, 0.3) is 5.56 Å². The van der Waals surface area contributed by atoms with Crippen molar-refractivity contribution in [3.8, 4) is 0 Å². The normalized spacial score (nSPS) is 10.6. The highest BCUT2D eigenvalue weighted by Gasteiger charge is 2.12. The van der Waals surface area contributed by atoms with Gasteiger partial charge < -0.3 is 10.2 Å². The summed E-state index contributed by atoms with van der Waals surface area (Å²) in [7, 11) is 1.73. The van der Waals surface area contributed by atoms with E-state index in [0.717, 1.165) is 0 Å². The number of carbonyl (C=O) groups is 1. The van der Waals surface area contributed by atoms with E-state index in [9.17, 15) is 9.59 Å². The number of carbonyl (C=O) groups excluding carboxylic acids is 1. The molecular weight excluding hydrogens is 312 g/mol. The molecule has 0 saturated carbocycles. The number of nitrogens with zero attached hydrogens (tertiary/aromatic N) is 3. The van der Waals surface area contributed by atoms with Gasteiger partial charge in [0.1, 0.15) is 4.47 Å². The van der Waals surface area contributed by atoms with Crippen molar-refractivity contribution < 1.29 is 4.79 Å². The summed E-state index contributed by atoms with van der Waals surface area (Å²) in [5.74, 6) is -0.0394. The van der Waals surface area contributed by atoms with Gasteiger partial charge in [0.15, 0.2) is 0 Å². The molecule has 0 aliphatic heterocycles. The molecule has 0 aliphatic carbocycles. The second-order valence-corrected chi connectivity index (χ2v) is 5.27. The standard InChI is InChI=1S/C12H19BrN4O2/c1-5-16(4)10(18)7-14-9-6-15-17(8(2)3)12(19)11(9)13/h6,8,14H,5,7H2,1-4H3. The highest BCUT2D eigenvalue weighted by Crippen LogP contribution is 2.16. The van der Waals surface area contributed by atoms with Crippen molar-refractivity contribution in [2.45, 2.75) is 26.8 Å². The zero-order valence-corrected chi connectivity index (χ0v) is 13.2. The Kier molecular flexibility index (Phi) is 5.53. The smallest absolute Gasteiger partial charge is 0.283 e. The highest BCUT2D eigenvalue weighted by molar-refractivity contribution is 9.10. The molecule has 1 rings (SSSR count). The van der Waals surface area contributed by atoms with E-state index in [1.165, 1.54) is 4.68 Å².